The first-order valence-corrected chi connectivity index (χ1v) is 9.87. The number of benzene rings is 2. The lowest BCUT2D eigenvalue weighted by Crippen LogP contribution is -2.21. The number of fused-ring (bicyclic) bond motifs is 1. The van der Waals surface area contributed by atoms with Gasteiger partial charge in [-0.2, -0.15) is 0 Å². The van der Waals surface area contributed by atoms with Gasteiger partial charge in [0.1, 0.15) is 4.83 Å². The zero-order chi connectivity index (χ0) is 19.1. The van der Waals surface area contributed by atoms with Crippen molar-refractivity contribution in [2.75, 3.05) is 0 Å². The standard InChI is InChI=1S/C23H22N2OS/c1-14-6-9-18(10-7-14)12-25-13-24-22-21(23(25)26)20(17(4)27-22)19-11-15(2)5-8-16(19)3/h5-11,13H,12H2,1-4H3. The summed E-state index contributed by atoms with van der Waals surface area (Å²) in [4.78, 5) is 19.9. The maximum absolute atomic E-state index is 13.3. The normalized spacial score (nSPS) is 11.3. The molecule has 3 nitrogen and oxygen atoms in total. The van der Waals surface area contributed by atoms with Gasteiger partial charge in [0.25, 0.3) is 5.56 Å². The van der Waals surface area contributed by atoms with E-state index in [-0.39, 0.29) is 5.56 Å². The van der Waals surface area contributed by atoms with Gasteiger partial charge in [0, 0.05) is 10.4 Å². The van der Waals surface area contributed by atoms with Crippen LogP contribution >= 0.6 is 11.3 Å². The van der Waals surface area contributed by atoms with Gasteiger partial charge in [-0.25, -0.2) is 4.98 Å². The smallest absolute Gasteiger partial charge is 0.263 e. The molecule has 136 valence electrons. The van der Waals surface area contributed by atoms with Crippen molar-refractivity contribution in [1.29, 1.82) is 0 Å². The molecule has 0 N–H and O–H groups in total. The molecule has 0 unspecified atom stereocenters. The molecular weight excluding hydrogens is 352 g/mol. The first-order valence-electron chi connectivity index (χ1n) is 9.06. The molecule has 0 atom stereocenters. The van der Waals surface area contributed by atoms with Crippen molar-refractivity contribution < 1.29 is 0 Å². The van der Waals surface area contributed by atoms with E-state index in [1.807, 2.05) is 0 Å². The molecule has 0 radical (unpaired) electrons. The Morgan fingerprint density at radius 1 is 0.963 bits per heavy atom. The first-order chi connectivity index (χ1) is 12.9. The minimum Gasteiger partial charge on any atom is -0.294 e. The lowest BCUT2D eigenvalue weighted by Gasteiger charge is -2.09. The summed E-state index contributed by atoms with van der Waals surface area (Å²) in [5, 5.41) is 0.737. The Hall–Kier alpha value is -2.72. The van der Waals surface area contributed by atoms with Crippen LogP contribution in [0.5, 0.6) is 0 Å². The van der Waals surface area contributed by atoms with Crippen LogP contribution in [0.4, 0.5) is 0 Å². The average Bonchev–Trinajstić information content (AvgIpc) is 2.98. The zero-order valence-electron chi connectivity index (χ0n) is 16.0. The first kappa shape index (κ1) is 17.7. The van der Waals surface area contributed by atoms with Crippen LogP contribution in [0.2, 0.25) is 0 Å². The number of thiophene rings is 1. The van der Waals surface area contributed by atoms with Gasteiger partial charge in [0.15, 0.2) is 0 Å². The predicted octanol–water partition coefficient (Wildman–Crippen LogP) is 5.41. The van der Waals surface area contributed by atoms with Gasteiger partial charge in [-0.1, -0.05) is 53.6 Å². The molecule has 4 aromatic rings. The maximum atomic E-state index is 13.3. The number of nitrogens with zero attached hydrogens (tertiary/aromatic N) is 2. The van der Waals surface area contributed by atoms with E-state index in [0.29, 0.717) is 6.54 Å². The van der Waals surface area contributed by atoms with E-state index in [2.05, 4.69) is 75.1 Å². The van der Waals surface area contributed by atoms with Crippen LogP contribution < -0.4 is 5.56 Å². The van der Waals surface area contributed by atoms with Crippen molar-refractivity contribution in [1.82, 2.24) is 9.55 Å². The second-order valence-corrected chi connectivity index (χ2v) is 8.40. The highest BCUT2D eigenvalue weighted by atomic mass is 32.1. The second kappa shape index (κ2) is 6.78. The summed E-state index contributed by atoms with van der Waals surface area (Å²) < 4.78 is 1.72. The van der Waals surface area contributed by atoms with Crippen LogP contribution in [-0.2, 0) is 6.54 Å². The Morgan fingerprint density at radius 2 is 1.67 bits per heavy atom. The SMILES string of the molecule is Cc1ccc(Cn2cnc3sc(C)c(-c4cc(C)ccc4C)c3c2=O)cc1. The molecule has 0 spiro atoms. The summed E-state index contributed by atoms with van der Waals surface area (Å²) in [5.74, 6) is 0. The van der Waals surface area contributed by atoms with Crippen LogP contribution in [0, 0.1) is 27.7 Å². The number of hydrogen-bond donors (Lipinski definition) is 0. The molecule has 4 rings (SSSR count). The average molecular weight is 375 g/mol. The molecule has 0 aliphatic heterocycles. The van der Waals surface area contributed by atoms with Gasteiger partial charge in [0.2, 0.25) is 0 Å². The van der Waals surface area contributed by atoms with E-state index >= 15 is 0 Å². The van der Waals surface area contributed by atoms with Crippen molar-refractivity contribution in [2.24, 2.45) is 0 Å². The molecule has 0 fully saturated rings. The molecule has 0 amide bonds. The number of aryl methyl sites for hydroxylation is 4. The Balaban J connectivity index is 1.91. The number of hydrogen-bond acceptors (Lipinski definition) is 3. The van der Waals surface area contributed by atoms with Crippen LogP contribution in [0.3, 0.4) is 0 Å². The molecule has 2 heterocycles. The van der Waals surface area contributed by atoms with Gasteiger partial charge in [-0.05, 0) is 44.4 Å². The fourth-order valence-corrected chi connectivity index (χ4v) is 4.47. The van der Waals surface area contributed by atoms with Crippen molar-refractivity contribution in [2.45, 2.75) is 34.2 Å². The highest BCUT2D eigenvalue weighted by Crippen LogP contribution is 2.37. The van der Waals surface area contributed by atoms with E-state index in [4.69, 9.17) is 0 Å². The highest BCUT2D eigenvalue weighted by Gasteiger charge is 2.18. The molecule has 0 aliphatic carbocycles. The third-order valence-electron chi connectivity index (χ3n) is 4.99. The topological polar surface area (TPSA) is 34.9 Å². The monoisotopic (exact) mass is 374 g/mol. The van der Waals surface area contributed by atoms with Crippen LogP contribution in [0.1, 0.15) is 27.1 Å². The third-order valence-corrected chi connectivity index (χ3v) is 6.00. The summed E-state index contributed by atoms with van der Waals surface area (Å²) in [5.41, 5.74) is 6.88. The van der Waals surface area contributed by atoms with Crippen molar-refractivity contribution in [3.63, 3.8) is 0 Å². The summed E-state index contributed by atoms with van der Waals surface area (Å²) in [6.07, 6.45) is 1.67. The third kappa shape index (κ3) is 3.21. The van der Waals surface area contributed by atoms with E-state index in [9.17, 15) is 4.79 Å². The van der Waals surface area contributed by atoms with Crippen LogP contribution in [0.15, 0.2) is 53.6 Å². The summed E-state index contributed by atoms with van der Waals surface area (Å²) in [7, 11) is 0. The minimum absolute atomic E-state index is 0.0285. The Kier molecular flexibility index (Phi) is 4.44. The van der Waals surface area contributed by atoms with E-state index < -0.39 is 0 Å². The van der Waals surface area contributed by atoms with Gasteiger partial charge in [-0.15, -0.1) is 11.3 Å². The molecule has 27 heavy (non-hydrogen) atoms. The van der Waals surface area contributed by atoms with Crippen molar-refractivity contribution in [3.05, 3.63) is 86.3 Å². The van der Waals surface area contributed by atoms with Gasteiger partial charge in [0.05, 0.1) is 18.3 Å². The molecule has 2 aromatic heterocycles. The quantitative estimate of drug-likeness (QED) is 0.481. The van der Waals surface area contributed by atoms with Crippen molar-refractivity contribution in [3.8, 4) is 11.1 Å². The second-order valence-electron chi connectivity index (χ2n) is 7.19. The molecule has 4 heteroatoms. The Bertz CT molecular complexity index is 1200. The minimum atomic E-state index is 0.0285. The van der Waals surface area contributed by atoms with Crippen molar-refractivity contribution >= 4 is 21.6 Å². The summed E-state index contributed by atoms with van der Waals surface area (Å²) in [6.45, 7) is 8.85. The molecule has 2 aromatic carbocycles. The molecule has 0 bridgehead atoms. The van der Waals surface area contributed by atoms with E-state index in [1.165, 1.54) is 16.7 Å². The van der Waals surface area contributed by atoms with Gasteiger partial charge < -0.3 is 0 Å². The van der Waals surface area contributed by atoms with Gasteiger partial charge in [-0.3, -0.25) is 9.36 Å². The summed E-state index contributed by atoms with van der Waals surface area (Å²) in [6, 6.07) is 14.7. The maximum Gasteiger partial charge on any atom is 0.263 e. The lowest BCUT2D eigenvalue weighted by atomic mass is 9.97. The lowest BCUT2D eigenvalue weighted by molar-refractivity contribution is 0.749. The van der Waals surface area contributed by atoms with E-state index in [1.54, 1.807) is 22.2 Å². The number of aromatic nitrogens is 2. The molecule has 0 saturated carbocycles. The Labute approximate surface area is 163 Å². The van der Waals surface area contributed by atoms with Crippen LogP contribution in [0.25, 0.3) is 21.3 Å². The number of rotatable bonds is 3. The molecule has 0 aliphatic rings. The Morgan fingerprint density at radius 3 is 2.41 bits per heavy atom. The predicted molar refractivity (Wildman–Crippen MR) is 114 cm³/mol. The molecule has 0 saturated heterocycles. The van der Waals surface area contributed by atoms with E-state index in [0.717, 1.165) is 31.8 Å². The fourth-order valence-electron chi connectivity index (χ4n) is 3.47. The highest BCUT2D eigenvalue weighted by molar-refractivity contribution is 7.19. The van der Waals surface area contributed by atoms with Crippen LogP contribution in [-0.4, -0.2) is 9.55 Å². The molecular formula is C23H22N2OS. The largest absolute Gasteiger partial charge is 0.294 e. The fraction of sp³-hybridized carbons (Fsp3) is 0.217. The summed E-state index contributed by atoms with van der Waals surface area (Å²) >= 11 is 1.59. The zero-order valence-corrected chi connectivity index (χ0v) is 16.9. The van der Waals surface area contributed by atoms with Gasteiger partial charge >= 0.3 is 0 Å².